The number of hydrogen-bond acceptors (Lipinski definition) is 5. The number of anilines is 1. The lowest BCUT2D eigenvalue weighted by Crippen LogP contribution is -2.15. The number of para-hydroxylation sites is 1. The number of methoxy groups -OCH3 is 1. The Bertz CT molecular complexity index is 1060. The Morgan fingerprint density at radius 2 is 1.81 bits per heavy atom. The van der Waals surface area contributed by atoms with Crippen molar-refractivity contribution < 1.29 is 17.7 Å². The van der Waals surface area contributed by atoms with E-state index in [2.05, 4.69) is 9.88 Å². The molecule has 0 amide bonds. The summed E-state index contributed by atoms with van der Waals surface area (Å²) in [5.41, 5.74) is 3.59. The molecule has 136 valence electrons. The van der Waals surface area contributed by atoms with Gasteiger partial charge in [-0.2, -0.15) is 0 Å². The Morgan fingerprint density at radius 3 is 2.42 bits per heavy atom. The molecule has 2 aromatic carbocycles. The van der Waals surface area contributed by atoms with Crippen molar-refractivity contribution in [1.29, 1.82) is 0 Å². The molecule has 0 unspecified atom stereocenters. The van der Waals surface area contributed by atoms with Crippen molar-refractivity contribution in [2.24, 2.45) is 0 Å². The summed E-state index contributed by atoms with van der Waals surface area (Å²) in [5, 5.41) is 3.93. The highest BCUT2D eigenvalue weighted by atomic mass is 32.2. The number of aryl methyl sites for hydroxylation is 2. The Labute approximate surface area is 152 Å². The Kier molecular flexibility index (Phi) is 4.73. The average molecular weight is 372 g/mol. The van der Waals surface area contributed by atoms with E-state index in [1.165, 1.54) is 13.2 Å². The highest BCUT2D eigenvalue weighted by Gasteiger charge is 2.23. The molecule has 3 aromatic rings. The van der Waals surface area contributed by atoms with Gasteiger partial charge in [0.1, 0.15) is 10.6 Å². The fourth-order valence-corrected chi connectivity index (χ4v) is 3.93. The van der Waals surface area contributed by atoms with E-state index < -0.39 is 10.0 Å². The van der Waals surface area contributed by atoms with Crippen LogP contribution in [0.15, 0.2) is 51.9 Å². The number of nitrogens with zero attached hydrogens (tertiary/aromatic N) is 1. The molecule has 0 saturated carbocycles. The summed E-state index contributed by atoms with van der Waals surface area (Å²) < 4.78 is 39.2. The Hall–Kier alpha value is -2.80. The molecule has 1 N–H and O–H groups in total. The molecule has 7 heteroatoms. The lowest BCUT2D eigenvalue weighted by atomic mass is 10.1. The Balaban J connectivity index is 2.09. The average Bonchev–Trinajstić information content (AvgIpc) is 2.95. The van der Waals surface area contributed by atoms with Crippen LogP contribution in [0.4, 0.5) is 5.69 Å². The van der Waals surface area contributed by atoms with Gasteiger partial charge in [0, 0.05) is 11.1 Å². The SMILES string of the molecule is COc1ccc(-c2onc(C)c2C)cc1S(=O)(=O)Nc1ccccc1C. The van der Waals surface area contributed by atoms with Gasteiger partial charge in [0.05, 0.1) is 18.5 Å². The van der Waals surface area contributed by atoms with Gasteiger partial charge in [0.2, 0.25) is 0 Å². The zero-order valence-electron chi connectivity index (χ0n) is 15.0. The Morgan fingerprint density at radius 1 is 1.08 bits per heavy atom. The molecule has 0 fully saturated rings. The summed E-state index contributed by atoms with van der Waals surface area (Å²) >= 11 is 0. The lowest BCUT2D eigenvalue weighted by molar-refractivity contribution is 0.402. The predicted molar refractivity (Wildman–Crippen MR) is 100.0 cm³/mol. The highest BCUT2D eigenvalue weighted by molar-refractivity contribution is 7.92. The first-order valence-electron chi connectivity index (χ1n) is 8.03. The number of nitrogens with one attached hydrogen (secondary N) is 1. The van der Waals surface area contributed by atoms with E-state index in [4.69, 9.17) is 9.26 Å². The standard InChI is InChI=1S/C19H20N2O4S/c1-12-7-5-6-8-16(12)21-26(22,23)18-11-15(9-10-17(18)24-4)19-13(2)14(3)20-25-19/h5-11,21H,1-4H3. The van der Waals surface area contributed by atoms with Crippen LogP contribution in [0.2, 0.25) is 0 Å². The summed E-state index contributed by atoms with van der Waals surface area (Å²) in [5.74, 6) is 0.793. The monoisotopic (exact) mass is 372 g/mol. The summed E-state index contributed by atoms with van der Waals surface area (Å²) in [7, 11) is -2.42. The van der Waals surface area contributed by atoms with Gasteiger partial charge >= 0.3 is 0 Å². The number of rotatable bonds is 5. The molecule has 0 atom stereocenters. The minimum absolute atomic E-state index is 0.0363. The van der Waals surface area contributed by atoms with Crippen molar-refractivity contribution >= 4 is 15.7 Å². The molecule has 3 rings (SSSR count). The molecule has 0 aliphatic rings. The molecule has 0 spiro atoms. The number of aromatic nitrogens is 1. The first kappa shape index (κ1) is 18.0. The summed E-state index contributed by atoms with van der Waals surface area (Å²) in [6, 6.07) is 12.1. The van der Waals surface area contributed by atoms with Crippen LogP contribution < -0.4 is 9.46 Å². The van der Waals surface area contributed by atoms with Crippen LogP contribution in [0.25, 0.3) is 11.3 Å². The van der Waals surface area contributed by atoms with Crippen LogP contribution in [-0.2, 0) is 10.0 Å². The van der Waals surface area contributed by atoms with Crippen LogP contribution in [-0.4, -0.2) is 20.7 Å². The second kappa shape index (κ2) is 6.84. The number of ether oxygens (including phenoxy) is 1. The fraction of sp³-hybridized carbons (Fsp3) is 0.211. The van der Waals surface area contributed by atoms with E-state index in [0.29, 0.717) is 17.0 Å². The van der Waals surface area contributed by atoms with Gasteiger partial charge in [0.15, 0.2) is 5.76 Å². The minimum atomic E-state index is -3.85. The quantitative estimate of drug-likeness (QED) is 0.730. The molecular weight excluding hydrogens is 352 g/mol. The molecule has 1 heterocycles. The van der Waals surface area contributed by atoms with E-state index in [-0.39, 0.29) is 10.6 Å². The van der Waals surface area contributed by atoms with Gasteiger partial charge in [-0.15, -0.1) is 0 Å². The molecule has 0 bridgehead atoms. The molecule has 26 heavy (non-hydrogen) atoms. The van der Waals surface area contributed by atoms with Crippen LogP contribution in [0, 0.1) is 20.8 Å². The van der Waals surface area contributed by atoms with Crippen LogP contribution in [0.3, 0.4) is 0 Å². The van der Waals surface area contributed by atoms with Gasteiger partial charge in [-0.05, 0) is 50.6 Å². The largest absolute Gasteiger partial charge is 0.495 e. The predicted octanol–water partition coefficient (Wildman–Crippen LogP) is 4.08. The van der Waals surface area contributed by atoms with Crippen LogP contribution in [0.5, 0.6) is 5.75 Å². The maximum absolute atomic E-state index is 13.0. The second-order valence-corrected chi connectivity index (χ2v) is 7.66. The number of sulfonamides is 1. The normalized spacial score (nSPS) is 11.4. The van der Waals surface area contributed by atoms with E-state index in [0.717, 1.165) is 16.8 Å². The van der Waals surface area contributed by atoms with Crippen LogP contribution >= 0.6 is 0 Å². The third-order valence-corrected chi connectivity index (χ3v) is 5.65. The van der Waals surface area contributed by atoms with Gasteiger partial charge in [-0.1, -0.05) is 23.4 Å². The van der Waals surface area contributed by atoms with Crippen molar-refractivity contribution in [3.63, 3.8) is 0 Å². The van der Waals surface area contributed by atoms with Crippen molar-refractivity contribution in [3.8, 4) is 17.1 Å². The third kappa shape index (κ3) is 3.30. The fourth-order valence-electron chi connectivity index (χ4n) is 2.60. The minimum Gasteiger partial charge on any atom is -0.495 e. The van der Waals surface area contributed by atoms with Crippen molar-refractivity contribution in [1.82, 2.24) is 5.16 Å². The van der Waals surface area contributed by atoms with Gasteiger partial charge < -0.3 is 9.26 Å². The molecule has 0 saturated heterocycles. The van der Waals surface area contributed by atoms with Crippen molar-refractivity contribution in [2.75, 3.05) is 11.8 Å². The van der Waals surface area contributed by atoms with E-state index in [9.17, 15) is 8.42 Å². The van der Waals surface area contributed by atoms with E-state index in [1.54, 1.807) is 24.3 Å². The first-order chi connectivity index (χ1) is 12.3. The highest BCUT2D eigenvalue weighted by Crippen LogP contribution is 2.33. The van der Waals surface area contributed by atoms with Crippen molar-refractivity contribution in [3.05, 3.63) is 59.3 Å². The molecule has 0 aliphatic carbocycles. The number of benzene rings is 2. The van der Waals surface area contributed by atoms with Crippen molar-refractivity contribution in [2.45, 2.75) is 25.7 Å². The maximum atomic E-state index is 13.0. The van der Waals surface area contributed by atoms with Gasteiger partial charge in [-0.3, -0.25) is 4.72 Å². The topological polar surface area (TPSA) is 81.4 Å². The summed E-state index contributed by atoms with van der Waals surface area (Å²) in [4.78, 5) is 0.0363. The number of hydrogen-bond donors (Lipinski definition) is 1. The van der Waals surface area contributed by atoms with E-state index in [1.807, 2.05) is 32.9 Å². The molecule has 0 aliphatic heterocycles. The zero-order valence-corrected chi connectivity index (χ0v) is 15.8. The first-order valence-corrected chi connectivity index (χ1v) is 9.51. The van der Waals surface area contributed by atoms with Crippen LogP contribution in [0.1, 0.15) is 16.8 Å². The van der Waals surface area contributed by atoms with E-state index >= 15 is 0 Å². The molecule has 0 radical (unpaired) electrons. The molecule has 6 nitrogen and oxygen atoms in total. The lowest BCUT2D eigenvalue weighted by Gasteiger charge is -2.14. The second-order valence-electron chi connectivity index (χ2n) is 6.01. The van der Waals surface area contributed by atoms with Gasteiger partial charge in [0.25, 0.3) is 10.0 Å². The zero-order chi connectivity index (χ0) is 18.9. The third-order valence-electron chi connectivity index (χ3n) is 4.26. The molecular formula is C19H20N2O4S. The maximum Gasteiger partial charge on any atom is 0.265 e. The smallest absolute Gasteiger partial charge is 0.265 e. The summed E-state index contributed by atoms with van der Waals surface area (Å²) in [6.07, 6.45) is 0. The van der Waals surface area contributed by atoms with Gasteiger partial charge in [-0.25, -0.2) is 8.42 Å². The summed E-state index contributed by atoms with van der Waals surface area (Å²) in [6.45, 7) is 5.56. The molecule has 1 aromatic heterocycles.